The second-order valence-corrected chi connectivity index (χ2v) is 13.7. The van der Waals surface area contributed by atoms with Gasteiger partial charge in [0.1, 0.15) is 25.1 Å². The average molecular weight is 610 g/mol. The van der Waals surface area contributed by atoms with E-state index >= 15 is 0 Å². The molecule has 222 valence electrons. The van der Waals surface area contributed by atoms with Crippen molar-refractivity contribution in [3.63, 3.8) is 0 Å². The first-order valence-corrected chi connectivity index (χ1v) is 16.4. The van der Waals surface area contributed by atoms with Crippen molar-refractivity contribution in [2.24, 2.45) is 21.6 Å². The number of hydrogen-bond acceptors (Lipinski definition) is 10. The normalized spacial score (nSPS) is 20.7. The molecule has 2 aliphatic rings. The first-order valence-electron chi connectivity index (χ1n) is 14.0. The highest BCUT2D eigenvalue weighted by Crippen LogP contribution is 2.49. The molecule has 3 aromatic rings. The first kappa shape index (κ1) is 30.1. The minimum absolute atomic E-state index is 0.0560. The van der Waals surface area contributed by atoms with Gasteiger partial charge in [-0.15, -0.1) is 11.8 Å². The number of ether oxygens (including phenoxy) is 1. The molecule has 0 spiro atoms. The molecule has 0 saturated carbocycles. The van der Waals surface area contributed by atoms with E-state index in [4.69, 9.17) is 19.5 Å². The quantitative estimate of drug-likeness (QED) is 0.201. The topological polar surface area (TPSA) is 128 Å². The Morgan fingerprint density at radius 2 is 1.86 bits per heavy atom. The molecule has 1 unspecified atom stereocenters. The molecule has 42 heavy (non-hydrogen) atoms. The predicted octanol–water partition coefficient (Wildman–Crippen LogP) is 5.54. The Morgan fingerprint density at radius 3 is 2.62 bits per heavy atom. The SMILES string of the molecule is CC(C)[C@H](NP(=O)(OC[C@@H]1CC[C@H](N2C=NC(N)=NC2)S1)Oc1cccc2ccccc12)C(=O)OCc1ccccc1. The van der Waals surface area contributed by atoms with Crippen molar-refractivity contribution in [3.8, 4) is 5.75 Å². The van der Waals surface area contributed by atoms with Crippen molar-refractivity contribution >= 4 is 48.5 Å². The van der Waals surface area contributed by atoms with Crippen molar-refractivity contribution in [2.45, 2.75) is 50.0 Å². The van der Waals surface area contributed by atoms with E-state index in [-0.39, 0.29) is 35.7 Å². The summed E-state index contributed by atoms with van der Waals surface area (Å²) >= 11 is 1.71. The summed E-state index contributed by atoms with van der Waals surface area (Å²) in [7, 11) is -4.06. The lowest BCUT2D eigenvalue weighted by atomic mass is 10.1. The van der Waals surface area contributed by atoms with Crippen molar-refractivity contribution in [2.75, 3.05) is 13.3 Å². The number of esters is 1. The number of guanidine groups is 1. The molecule has 5 rings (SSSR count). The van der Waals surface area contributed by atoms with E-state index in [1.807, 2.05) is 85.5 Å². The van der Waals surface area contributed by atoms with E-state index in [1.54, 1.807) is 24.2 Å². The maximum Gasteiger partial charge on any atom is 0.459 e. The highest BCUT2D eigenvalue weighted by Gasteiger charge is 2.38. The fourth-order valence-electron chi connectivity index (χ4n) is 4.72. The van der Waals surface area contributed by atoms with Gasteiger partial charge in [-0.25, -0.2) is 14.5 Å². The van der Waals surface area contributed by atoms with Crippen LogP contribution in [0.25, 0.3) is 10.8 Å². The van der Waals surface area contributed by atoms with Gasteiger partial charge < -0.3 is 19.9 Å². The molecule has 12 heteroatoms. The van der Waals surface area contributed by atoms with Crippen molar-refractivity contribution < 1.29 is 23.1 Å². The Hall–Kier alpha value is -3.37. The lowest BCUT2D eigenvalue weighted by molar-refractivity contribution is -0.148. The zero-order valence-electron chi connectivity index (χ0n) is 23.7. The highest BCUT2D eigenvalue weighted by molar-refractivity contribution is 8.00. The number of nitrogens with two attached hydrogens (primary N) is 1. The number of nitrogens with zero attached hydrogens (tertiary/aromatic N) is 3. The summed E-state index contributed by atoms with van der Waals surface area (Å²) in [6.07, 6.45) is 3.45. The van der Waals surface area contributed by atoms with E-state index in [9.17, 15) is 9.36 Å². The Bertz CT molecular complexity index is 1480. The molecule has 3 N–H and O–H groups in total. The number of hydrogen-bond donors (Lipinski definition) is 2. The highest BCUT2D eigenvalue weighted by atomic mass is 32.2. The van der Waals surface area contributed by atoms with Crippen LogP contribution in [0.5, 0.6) is 5.75 Å². The van der Waals surface area contributed by atoms with Gasteiger partial charge in [-0.1, -0.05) is 80.6 Å². The molecule has 0 amide bonds. The van der Waals surface area contributed by atoms with E-state index < -0.39 is 19.8 Å². The third-order valence-electron chi connectivity index (χ3n) is 7.03. The lowest BCUT2D eigenvalue weighted by Crippen LogP contribution is -2.41. The molecule has 2 aliphatic heterocycles. The first-order chi connectivity index (χ1) is 20.3. The molecular formula is C30H36N5O5PS. The molecule has 3 aromatic carbocycles. The number of benzene rings is 3. The summed E-state index contributed by atoms with van der Waals surface area (Å²) in [5.74, 6) is -0.105. The molecule has 1 saturated heterocycles. The fraction of sp³-hybridized carbons (Fsp3) is 0.367. The Labute approximate surface area is 250 Å². The van der Waals surface area contributed by atoms with Crippen LogP contribution in [-0.2, 0) is 25.2 Å². The monoisotopic (exact) mass is 609 g/mol. The Balaban J connectivity index is 1.31. The zero-order valence-corrected chi connectivity index (χ0v) is 25.4. The number of fused-ring (bicyclic) bond motifs is 1. The number of carbonyl (C=O) groups excluding carboxylic acids is 1. The van der Waals surface area contributed by atoms with E-state index in [2.05, 4.69) is 15.1 Å². The van der Waals surface area contributed by atoms with E-state index in [0.29, 0.717) is 12.4 Å². The third kappa shape index (κ3) is 7.72. The van der Waals surface area contributed by atoms with Gasteiger partial charge in [0.05, 0.1) is 18.3 Å². The number of rotatable bonds is 12. The molecule has 4 atom stereocenters. The second kappa shape index (κ2) is 13.7. The molecule has 0 aromatic heterocycles. The maximum absolute atomic E-state index is 14.5. The zero-order chi connectivity index (χ0) is 29.5. The second-order valence-electron chi connectivity index (χ2n) is 10.5. The molecule has 0 aliphatic carbocycles. The van der Waals surface area contributed by atoms with Gasteiger partial charge in [0.2, 0.25) is 5.96 Å². The number of nitrogens with one attached hydrogen (secondary N) is 1. The molecule has 0 bridgehead atoms. The van der Waals surface area contributed by atoms with Gasteiger partial charge in [0, 0.05) is 10.6 Å². The molecule has 0 radical (unpaired) electrons. The summed E-state index contributed by atoms with van der Waals surface area (Å²) in [5, 5.41) is 4.88. The van der Waals surface area contributed by atoms with Gasteiger partial charge in [0.15, 0.2) is 0 Å². The summed E-state index contributed by atoms with van der Waals surface area (Å²) in [4.78, 5) is 23.6. The predicted molar refractivity (Wildman–Crippen MR) is 167 cm³/mol. The van der Waals surface area contributed by atoms with Gasteiger partial charge in [-0.05, 0) is 35.8 Å². The summed E-state index contributed by atoms with van der Waals surface area (Å²) in [5.41, 5.74) is 6.52. The number of carbonyl (C=O) groups is 1. The number of thioether (sulfide) groups is 1. The molecule has 1 fully saturated rings. The van der Waals surface area contributed by atoms with Gasteiger partial charge in [-0.2, -0.15) is 5.09 Å². The summed E-state index contributed by atoms with van der Waals surface area (Å²) in [6, 6.07) is 21.7. The van der Waals surface area contributed by atoms with Crippen LogP contribution < -0.4 is 15.3 Å². The molecule has 2 heterocycles. The Morgan fingerprint density at radius 1 is 1.10 bits per heavy atom. The van der Waals surface area contributed by atoms with Crippen LogP contribution in [0.3, 0.4) is 0 Å². The molecular weight excluding hydrogens is 573 g/mol. The van der Waals surface area contributed by atoms with E-state index in [0.717, 1.165) is 29.2 Å². The van der Waals surface area contributed by atoms with Crippen LogP contribution in [-0.4, -0.2) is 53.1 Å². The smallest absolute Gasteiger partial charge is 0.459 e. The summed E-state index contributed by atoms with van der Waals surface area (Å²) in [6.45, 7) is 4.44. The van der Waals surface area contributed by atoms with Crippen LogP contribution in [0.1, 0.15) is 32.3 Å². The third-order valence-corrected chi connectivity index (χ3v) is 10.1. The van der Waals surface area contributed by atoms with Crippen molar-refractivity contribution in [3.05, 3.63) is 78.4 Å². The van der Waals surface area contributed by atoms with Crippen LogP contribution in [0, 0.1) is 5.92 Å². The fourth-order valence-corrected chi connectivity index (χ4v) is 7.95. The molecule has 10 nitrogen and oxygen atoms in total. The Kier molecular flexibility index (Phi) is 9.84. The van der Waals surface area contributed by atoms with Crippen LogP contribution in [0.15, 0.2) is 82.8 Å². The van der Waals surface area contributed by atoms with Crippen LogP contribution >= 0.6 is 19.5 Å². The van der Waals surface area contributed by atoms with E-state index in [1.165, 1.54) is 0 Å². The maximum atomic E-state index is 14.5. The van der Waals surface area contributed by atoms with Gasteiger partial charge >= 0.3 is 13.7 Å². The van der Waals surface area contributed by atoms with Crippen LogP contribution in [0.2, 0.25) is 0 Å². The minimum Gasteiger partial charge on any atom is -0.460 e. The standard InChI is InChI=1S/C30H36N5O5PS/c1-21(2)28(29(36)38-17-22-9-4-3-5-10-22)34-41(37,40-26-14-8-12-23-11-6-7-13-25(23)26)39-18-24-15-16-27(42-24)35-19-32-30(31)33-20-35/h3-14,19,21,24,27-28H,15-18,20H2,1-2H3,(H2,31,33)(H,34,37)/t24-,27+,28-,41?/m0/s1. The van der Waals surface area contributed by atoms with Gasteiger partial charge in [0.25, 0.3) is 0 Å². The largest absolute Gasteiger partial charge is 0.460 e. The van der Waals surface area contributed by atoms with Crippen LogP contribution in [0.4, 0.5) is 0 Å². The van der Waals surface area contributed by atoms with Crippen molar-refractivity contribution in [1.29, 1.82) is 0 Å². The lowest BCUT2D eigenvalue weighted by Gasteiger charge is -2.28. The number of aliphatic imine (C=N–C) groups is 2. The average Bonchev–Trinajstić information content (AvgIpc) is 3.48. The minimum atomic E-state index is -4.06. The van der Waals surface area contributed by atoms with Crippen molar-refractivity contribution in [1.82, 2.24) is 9.99 Å². The van der Waals surface area contributed by atoms with Gasteiger partial charge in [-0.3, -0.25) is 9.32 Å². The summed E-state index contributed by atoms with van der Waals surface area (Å²) < 4.78 is 32.3.